The quantitative estimate of drug-likeness (QED) is 0.244. The van der Waals surface area contributed by atoms with E-state index in [0.717, 1.165) is 22.1 Å². The van der Waals surface area contributed by atoms with E-state index < -0.39 is 11.4 Å². The van der Waals surface area contributed by atoms with E-state index in [-0.39, 0.29) is 221 Å². The average Bonchev–Trinajstić information content (AvgIpc) is 2.82. The minimum absolute atomic E-state index is 0. The van der Waals surface area contributed by atoms with E-state index in [1.807, 2.05) is 49.4 Å². The Kier molecular flexibility index (Phi) is 22.6. The fraction of sp³-hybridized carbons (Fsp3) is 0.320. The van der Waals surface area contributed by atoms with Gasteiger partial charge in [-0.15, -0.1) is 0 Å². The Hall–Kier alpha value is 2.80. The molecule has 182 valence electrons. The number of hydrogen-bond donors (Lipinski definition) is 4. The van der Waals surface area contributed by atoms with Crippen LogP contribution < -0.4 is 0 Å². The van der Waals surface area contributed by atoms with Gasteiger partial charge in [0.25, 0.3) is 0 Å². The van der Waals surface area contributed by atoms with E-state index in [4.69, 9.17) is 9.47 Å². The van der Waals surface area contributed by atoms with E-state index >= 15 is 0 Å². The molecule has 7 nitrogen and oxygen atoms in total. The van der Waals surface area contributed by atoms with Crippen LogP contribution in [-0.2, 0) is 16.1 Å². The molecule has 0 aliphatic carbocycles. The number of aromatic hydroxyl groups is 1. The fourth-order valence-corrected chi connectivity index (χ4v) is 3.54. The third kappa shape index (κ3) is 10.3. The Labute approximate surface area is 354 Å². The number of esters is 1. The van der Waals surface area contributed by atoms with E-state index in [9.17, 15) is 25.2 Å². The maximum absolute atomic E-state index is 12.4. The van der Waals surface area contributed by atoms with Gasteiger partial charge >= 0.3 is 5.97 Å². The van der Waals surface area contributed by atoms with Crippen molar-refractivity contribution in [3.05, 3.63) is 65.2 Å². The van der Waals surface area contributed by atoms with Crippen LogP contribution in [0.2, 0.25) is 0 Å². The summed E-state index contributed by atoms with van der Waals surface area (Å²) in [4.78, 5) is 12.4. The maximum Gasteiger partial charge on any atom is 0.338 e. The van der Waals surface area contributed by atoms with Crippen LogP contribution in [0.25, 0.3) is 21.9 Å². The molecule has 3 aromatic rings. The SMILES string of the molecule is COC(=O)c1cc(O)c2cc(C)ccc2c1-c1ccc(COCC(CO)(CO)CO)cc1.[Ac].[Ac].[Ac].[Ac]. The fourth-order valence-electron chi connectivity index (χ4n) is 3.54. The molecule has 0 unspecified atom stereocenters. The number of benzene rings is 3. The van der Waals surface area contributed by atoms with Crippen molar-refractivity contribution in [1.82, 2.24) is 0 Å². The number of carbonyl (C=O) groups excluding carboxylic acids is 1. The zero-order chi connectivity index (χ0) is 23.3. The molecule has 11 heteroatoms. The monoisotopic (exact) mass is 1350 g/mol. The summed E-state index contributed by atoms with van der Waals surface area (Å²) in [6, 6.07) is 14.5. The smallest absolute Gasteiger partial charge is 0.338 e. The van der Waals surface area contributed by atoms with Gasteiger partial charge in [-0.05, 0) is 35.6 Å². The summed E-state index contributed by atoms with van der Waals surface area (Å²) in [5.41, 5.74) is 2.45. The first-order valence-corrected chi connectivity index (χ1v) is 10.2. The predicted octanol–water partition coefficient (Wildman–Crippen LogP) is 2.79. The van der Waals surface area contributed by atoms with Crippen molar-refractivity contribution in [1.29, 1.82) is 0 Å². The summed E-state index contributed by atoms with van der Waals surface area (Å²) < 4.78 is 10.5. The molecule has 3 aromatic carbocycles. The second-order valence-electron chi connectivity index (χ2n) is 8.02. The molecule has 3 rings (SSSR count). The van der Waals surface area contributed by atoms with Gasteiger partial charge in [-0.1, -0.05) is 42.0 Å². The minimum Gasteiger partial charge on any atom is -0.507 e. The number of phenolic OH excluding ortho intramolecular Hbond substituents is 1. The standard InChI is InChI=1S/C25H28O7.4Ac/c1-16-3-8-19-20(9-16)22(29)10-21(24(30)31-2)23(19)18-6-4-17(5-7-18)11-32-15-25(12-26,13-27)14-28;;;;/h3-10,26-29H,11-15H2,1-2H3;;;;. The first-order chi connectivity index (χ1) is 15.4. The third-order valence-corrected chi connectivity index (χ3v) is 5.60. The van der Waals surface area contributed by atoms with Gasteiger partial charge in [0, 0.05) is 187 Å². The van der Waals surface area contributed by atoms with Crippen molar-refractivity contribution < 1.29 is 211 Å². The second-order valence-corrected chi connectivity index (χ2v) is 8.02. The van der Waals surface area contributed by atoms with Crippen molar-refractivity contribution >= 4 is 16.7 Å². The number of phenols is 1. The molecule has 0 heterocycles. The van der Waals surface area contributed by atoms with Gasteiger partial charge in [-0.3, -0.25) is 0 Å². The Morgan fingerprint density at radius 1 is 0.861 bits per heavy atom. The van der Waals surface area contributed by atoms with Crippen LogP contribution in [0.5, 0.6) is 5.75 Å². The summed E-state index contributed by atoms with van der Waals surface area (Å²) in [6.07, 6.45) is 0. The second kappa shape index (κ2) is 19.8. The predicted molar refractivity (Wildman–Crippen MR) is 120 cm³/mol. The molecule has 0 fully saturated rings. The number of aliphatic hydroxyl groups is 3. The van der Waals surface area contributed by atoms with Crippen molar-refractivity contribution in [2.45, 2.75) is 13.5 Å². The summed E-state index contributed by atoms with van der Waals surface area (Å²) in [5.74, 6) is -0.531. The summed E-state index contributed by atoms with van der Waals surface area (Å²) in [6.45, 7) is 1.00. The number of aryl methyl sites for hydroxylation is 1. The molecular formula is C25H28Ac4O7. The average molecular weight is 1350 g/mol. The topological polar surface area (TPSA) is 116 Å². The number of carbonyl (C=O) groups is 1. The molecule has 0 atom stereocenters. The first kappa shape index (κ1) is 40.9. The van der Waals surface area contributed by atoms with Crippen LogP contribution in [-0.4, -0.2) is 59.9 Å². The van der Waals surface area contributed by atoms with Crippen LogP contribution >= 0.6 is 0 Å². The molecule has 0 saturated heterocycles. The van der Waals surface area contributed by atoms with Crippen LogP contribution in [0.3, 0.4) is 0 Å². The molecule has 0 aliphatic heterocycles. The van der Waals surface area contributed by atoms with E-state index in [1.54, 1.807) is 0 Å². The number of aliphatic hydroxyl groups excluding tert-OH is 3. The number of rotatable bonds is 9. The van der Waals surface area contributed by atoms with Gasteiger partial charge in [0.15, 0.2) is 0 Å². The van der Waals surface area contributed by atoms with E-state index in [0.29, 0.717) is 10.9 Å². The number of ether oxygens (including phenoxy) is 2. The van der Waals surface area contributed by atoms with Gasteiger partial charge < -0.3 is 29.9 Å². The van der Waals surface area contributed by atoms with Crippen molar-refractivity contribution in [2.75, 3.05) is 33.5 Å². The number of methoxy groups -OCH3 is 1. The van der Waals surface area contributed by atoms with Crippen LogP contribution in [0.1, 0.15) is 21.5 Å². The van der Waals surface area contributed by atoms with Gasteiger partial charge in [0.1, 0.15) is 5.75 Å². The van der Waals surface area contributed by atoms with Gasteiger partial charge in [0.2, 0.25) is 0 Å². The minimum atomic E-state index is -1.08. The summed E-state index contributed by atoms with van der Waals surface area (Å²) in [7, 11) is 1.30. The largest absolute Gasteiger partial charge is 0.507 e. The van der Waals surface area contributed by atoms with E-state index in [2.05, 4.69) is 0 Å². The zero-order valence-electron chi connectivity index (χ0n) is 20.5. The van der Waals surface area contributed by atoms with Crippen molar-refractivity contribution in [2.24, 2.45) is 5.41 Å². The van der Waals surface area contributed by atoms with Gasteiger partial charge in [0.05, 0.1) is 51.1 Å². The number of hydrogen-bond acceptors (Lipinski definition) is 7. The molecule has 0 bridgehead atoms. The maximum atomic E-state index is 12.4. The Balaban J connectivity index is 0. The molecule has 4 N–H and O–H groups in total. The molecule has 0 aromatic heterocycles. The molecule has 0 amide bonds. The molecule has 4 radical (unpaired) electrons. The van der Waals surface area contributed by atoms with Gasteiger partial charge in [-0.2, -0.15) is 0 Å². The Bertz CT molecular complexity index is 1100. The number of fused-ring (bicyclic) bond motifs is 1. The molecular weight excluding hydrogens is 1320 g/mol. The molecule has 0 spiro atoms. The van der Waals surface area contributed by atoms with Crippen LogP contribution in [0.15, 0.2) is 48.5 Å². The van der Waals surface area contributed by atoms with Gasteiger partial charge in [-0.25, -0.2) is 4.79 Å². The molecule has 0 aliphatic rings. The van der Waals surface area contributed by atoms with Crippen LogP contribution in [0.4, 0.5) is 0 Å². The Morgan fingerprint density at radius 2 is 1.44 bits per heavy atom. The molecule has 0 saturated carbocycles. The normalized spacial score (nSPS) is 10.4. The van der Waals surface area contributed by atoms with Crippen LogP contribution in [0, 0.1) is 189 Å². The van der Waals surface area contributed by atoms with Crippen molar-refractivity contribution in [3.63, 3.8) is 0 Å². The zero-order valence-corrected chi connectivity index (χ0v) is 39.5. The first-order valence-electron chi connectivity index (χ1n) is 10.2. The van der Waals surface area contributed by atoms with E-state index in [1.165, 1.54) is 13.2 Å². The third-order valence-electron chi connectivity index (χ3n) is 5.60. The van der Waals surface area contributed by atoms with Crippen molar-refractivity contribution in [3.8, 4) is 16.9 Å². The summed E-state index contributed by atoms with van der Waals surface area (Å²) >= 11 is 0. The summed E-state index contributed by atoms with van der Waals surface area (Å²) in [5, 5.41) is 40.0. The Morgan fingerprint density at radius 3 is 1.97 bits per heavy atom. The molecule has 36 heavy (non-hydrogen) atoms.